The van der Waals surface area contributed by atoms with Gasteiger partial charge in [0, 0.05) is 10.6 Å². The maximum Gasteiger partial charge on any atom is 1.00 e. The second-order valence-electron chi connectivity index (χ2n) is 6.50. The largest absolute Gasteiger partial charge is 1.00 e. The van der Waals surface area contributed by atoms with E-state index in [0.717, 1.165) is 6.08 Å². The number of fused-ring (bicyclic) bond motifs is 1. The van der Waals surface area contributed by atoms with E-state index in [1.54, 1.807) is 49.4 Å². The van der Waals surface area contributed by atoms with Gasteiger partial charge < -0.3 is 19.2 Å². The molecule has 0 fully saturated rings. The van der Waals surface area contributed by atoms with Gasteiger partial charge in [0.15, 0.2) is 5.78 Å². The molecule has 0 unspecified atom stereocenters. The summed E-state index contributed by atoms with van der Waals surface area (Å²) in [5.41, 5.74) is 0.747. The third kappa shape index (κ3) is 5.06. The van der Waals surface area contributed by atoms with Crippen LogP contribution in [0.5, 0.6) is 5.95 Å². The summed E-state index contributed by atoms with van der Waals surface area (Å²) in [6, 6.07) is 15.5. The summed E-state index contributed by atoms with van der Waals surface area (Å²) in [5.74, 6) is -1.94. The quantitative estimate of drug-likeness (QED) is 0.113. The number of hydrogen-bond donors (Lipinski definition) is 1. The van der Waals surface area contributed by atoms with Crippen LogP contribution in [0.4, 0.5) is 0 Å². The predicted molar refractivity (Wildman–Crippen MR) is 115 cm³/mol. The van der Waals surface area contributed by atoms with Crippen molar-refractivity contribution in [1.82, 2.24) is 9.97 Å². The van der Waals surface area contributed by atoms with E-state index < -0.39 is 17.7 Å². The second-order valence-corrected chi connectivity index (χ2v) is 6.90. The van der Waals surface area contributed by atoms with Gasteiger partial charge in [-0.3, -0.25) is 4.79 Å². The zero-order valence-electron chi connectivity index (χ0n) is 17.3. The molecule has 2 aromatic heterocycles. The van der Waals surface area contributed by atoms with Gasteiger partial charge in [0.05, 0.1) is 6.61 Å². The number of ether oxygens (including phenoxy) is 1. The van der Waals surface area contributed by atoms with Crippen molar-refractivity contribution in [3.8, 4) is 17.4 Å². The Balaban J connectivity index is 0.00000289. The number of halogens is 1. The standard InChI is InChI=1S/C23H17ClN2O5.K/c1-2-30-22(28)15(20(27)18-11-14-16(24)9-6-10-17(14)25-18)12-19-23(29)31-21(26-19)13-7-4-3-5-8-13;/h3-12H,2H2,1H3,(H2,25,27,28,29);/q;+1/p-1. The molecule has 0 radical (unpaired) electrons. The first-order chi connectivity index (χ1) is 15.0. The minimum absolute atomic E-state index is 0. The molecule has 0 amide bonds. The van der Waals surface area contributed by atoms with Gasteiger partial charge in [0.25, 0.3) is 0 Å². The molecule has 0 aliphatic rings. The summed E-state index contributed by atoms with van der Waals surface area (Å²) in [6.45, 7) is 1.68. The van der Waals surface area contributed by atoms with E-state index in [-0.39, 0.29) is 80.8 Å². The molecule has 4 rings (SSSR count). The number of carbonyl (C=O) groups excluding carboxylic acids is 2. The molecule has 2 aromatic carbocycles. The van der Waals surface area contributed by atoms with Crippen molar-refractivity contribution in [2.45, 2.75) is 6.92 Å². The Morgan fingerprint density at radius 3 is 2.62 bits per heavy atom. The average Bonchev–Trinajstić information content (AvgIpc) is 3.37. The Kier molecular flexibility index (Phi) is 8.10. The van der Waals surface area contributed by atoms with Gasteiger partial charge in [-0.15, -0.1) is 5.52 Å². The molecule has 156 valence electrons. The molecule has 0 aliphatic heterocycles. The van der Waals surface area contributed by atoms with Gasteiger partial charge in [-0.2, -0.15) is 0 Å². The first kappa shape index (κ1) is 24.4. The number of rotatable bonds is 6. The van der Waals surface area contributed by atoms with Gasteiger partial charge >= 0.3 is 63.3 Å². The van der Waals surface area contributed by atoms with Crippen molar-refractivity contribution < 1.29 is 75.2 Å². The maximum atomic E-state index is 13.1. The number of oxazole rings is 1. The Bertz CT molecular complexity index is 1310. The normalized spacial score (nSPS) is 11.2. The Morgan fingerprint density at radius 1 is 1.19 bits per heavy atom. The Morgan fingerprint density at radius 2 is 1.94 bits per heavy atom. The smallest absolute Gasteiger partial charge is 0.654 e. The molecule has 9 heteroatoms. The van der Waals surface area contributed by atoms with Crippen molar-refractivity contribution in [2.75, 3.05) is 6.61 Å². The molecule has 0 aliphatic carbocycles. The molecule has 0 spiro atoms. The predicted octanol–water partition coefficient (Wildman–Crippen LogP) is 1.64. The van der Waals surface area contributed by atoms with Crippen LogP contribution in [-0.4, -0.2) is 28.4 Å². The number of esters is 1. The number of hydrogen-bond acceptors (Lipinski definition) is 6. The Labute approximate surface area is 230 Å². The fraction of sp³-hybridized carbons (Fsp3) is 0.0870. The maximum absolute atomic E-state index is 13.1. The molecule has 32 heavy (non-hydrogen) atoms. The van der Waals surface area contributed by atoms with Crippen molar-refractivity contribution in [1.29, 1.82) is 0 Å². The fourth-order valence-electron chi connectivity index (χ4n) is 3.00. The van der Waals surface area contributed by atoms with E-state index in [9.17, 15) is 14.7 Å². The van der Waals surface area contributed by atoms with E-state index in [2.05, 4.69) is 9.97 Å². The number of nitrogens with zero attached hydrogens (tertiary/aromatic N) is 2. The monoisotopic (exact) mass is 474 g/mol. The van der Waals surface area contributed by atoms with Crippen LogP contribution < -0.4 is 56.4 Å². The molecular weight excluding hydrogens is 459 g/mol. The first-order valence-corrected chi connectivity index (χ1v) is 9.76. The van der Waals surface area contributed by atoms with Gasteiger partial charge in [0.2, 0.25) is 5.89 Å². The summed E-state index contributed by atoms with van der Waals surface area (Å²) < 4.78 is 10.3. The van der Waals surface area contributed by atoms with E-state index in [4.69, 9.17) is 20.8 Å². The van der Waals surface area contributed by atoms with Gasteiger partial charge in [-0.1, -0.05) is 53.7 Å². The van der Waals surface area contributed by atoms with Crippen LogP contribution >= 0.6 is 11.6 Å². The van der Waals surface area contributed by atoms with Gasteiger partial charge in [-0.05, 0) is 36.6 Å². The van der Waals surface area contributed by atoms with Crippen molar-refractivity contribution in [2.24, 2.45) is 0 Å². The van der Waals surface area contributed by atoms with Crippen LogP contribution in [0.2, 0.25) is 5.02 Å². The first-order valence-electron chi connectivity index (χ1n) is 9.38. The topological polar surface area (TPSA) is 104 Å². The van der Waals surface area contributed by atoms with Crippen LogP contribution in [0, 0.1) is 0 Å². The second kappa shape index (κ2) is 10.6. The minimum atomic E-state index is -0.866. The van der Waals surface area contributed by atoms with E-state index in [1.165, 1.54) is 6.07 Å². The molecular formula is C23H16ClKN2O5. The number of carbonyl (C=O) groups is 2. The third-order valence-corrected chi connectivity index (χ3v) is 4.79. The zero-order valence-corrected chi connectivity index (χ0v) is 21.2. The minimum Gasteiger partial charge on any atom is -0.654 e. The molecule has 4 aromatic rings. The number of Topliss-reactive ketones (excluding diaryl/α,β-unsaturated/α-hetero) is 1. The molecule has 0 atom stereocenters. The molecule has 0 saturated carbocycles. The van der Waals surface area contributed by atoms with Crippen molar-refractivity contribution >= 4 is 40.3 Å². The summed E-state index contributed by atoms with van der Waals surface area (Å²) in [6.07, 6.45) is 1.13. The molecule has 1 N–H and O–H groups in total. The van der Waals surface area contributed by atoms with Crippen molar-refractivity contribution in [3.63, 3.8) is 0 Å². The average molecular weight is 475 g/mol. The van der Waals surface area contributed by atoms with Gasteiger partial charge in [0.1, 0.15) is 11.3 Å². The Hall–Kier alpha value is -2.20. The molecule has 2 heterocycles. The number of benzene rings is 2. The summed E-state index contributed by atoms with van der Waals surface area (Å²) in [4.78, 5) is 34.1. The van der Waals surface area contributed by atoms with Crippen LogP contribution in [-0.2, 0) is 9.53 Å². The van der Waals surface area contributed by atoms with Crippen molar-refractivity contribution in [3.05, 3.63) is 76.6 Å². The molecule has 0 bridgehead atoms. The molecule has 0 saturated heterocycles. The third-order valence-electron chi connectivity index (χ3n) is 4.46. The van der Waals surface area contributed by atoms with Crippen LogP contribution in [0.1, 0.15) is 23.1 Å². The number of aromatic hydroxyl groups is 1. The van der Waals surface area contributed by atoms with Crippen LogP contribution in [0.25, 0.3) is 28.4 Å². The van der Waals surface area contributed by atoms with E-state index >= 15 is 0 Å². The SMILES string of the molecule is CCOC(=O)/C(=C\c1nc(-c2ccccc2)oc1O)C(=O)c1cc2c(Cl)cccc2[n-]1.[K+]. The van der Waals surface area contributed by atoms with Gasteiger partial charge in [-0.25, -0.2) is 9.78 Å². The summed E-state index contributed by atoms with van der Waals surface area (Å²) >= 11 is 6.17. The van der Waals surface area contributed by atoms with E-state index in [1.807, 2.05) is 6.07 Å². The molecule has 7 nitrogen and oxygen atoms in total. The fourth-order valence-corrected chi connectivity index (χ4v) is 3.23. The summed E-state index contributed by atoms with van der Waals surface area (Å²) in [7, 11) is 0. The number of ketones is 1. The van der Waals surface area contributed by atoms with Crippen LogP contribution in [0.3, 0.4) is 0 Å². The van der Waals surface area contributed by atoms with E-state index in [0.29, 0.717) is 21.5 Å². The number of aromatic nitrogens is 2. The zero-order chi connectivity index (χ0) is 22.0. The summed E-state index contributed by atoms with van der Waals surface area (Å²) in [5, 5.41) is 11.2. The van der Waals surface area contributed by atoms with Crippen LogP contribution in [0.15, 0.2) is 64.6 Å².